The molecule has 5 heterocycles. The molecule has 0 aliphatic rings. The van der Waals surface area contributed by atoms with Crippen LogP contribution < -0.4 is 27.8 Å². The molecule has 6 aromatic rings. The summed E-state index contributed by atoms with van der Waals surface area (Å²) in [5.41, 5.74) is 28.9. The molecule has 0 atom stereocenters. The van der Waals surface area contributed by atoms with E-state index in [2.05, 4.69) is 82.3 Å². The smallest absolute Gasteiger partial charge is 0.150 e. The molecule has 0 unspecified atom stereocenters. The molecule has 8 N–H and O–H groups in total. The van der Waals surface area contributed by atoms with Crippen molar-refractivity contribution >= 4 is 40.4 Å². The minimum absolute atomic E-state index is 0.463. The van der Waals surface area contributed by atoms with Crippen molar-refractivity contribution in [2.24, 2.45) is 0 Å². The molecule has 0 spiro atoms. The Morgan fingerprint density at radius 3 is 2.00 bits per heavy atom. The van der Waals surface area contributed by atoms with Gasteiger partial charge in [0.05, 0.1) is 5.69 Å². The monoisotopic (exact) mass is 578 g/mol. The summed E-state index contributed by atoms with van der Waals surface area (Å²) in [6.45, 7) is 10.7. The Labute approximate surface area is 253 Å². The Balaban J connectivity index is 0.000000190. The van der Waals surface area contributed by atoms with Crippen LogP contribution in [0.5, 0.6) is 0 Å². The molecule has 0 aliphatic heterocycles. The molecule has 0 saturated heterocycles. The van der Waals surface area contributed by atoms with Crippen LogP contribution in [0.4, 0.5) is 29.1 Å². The van der Waals surface area contributed by atoms with Crippen LogP contribution in [-0.2, 0) is 0 Å². The van der Waals surface area contributed by atoms with E-state index in [1.807, 2.05) is 34.9 Å². The first-order chi connectivity index (χ1) is 20.7. The van der Waals surface area contributed by atoms with Crippen molar-refractivity contribution in [1.29, 1.82) is 0 Å². The summed E-state index contributed by atoms with van der Waals surface area (Å²) in [5, 5.41) is 0. The highest BCUT2D eigenvalue weighted by Gasteiger charge is 2.18. The standard InChI is InChI=1S/C21H28N4.C7H7N3.C5H7N3/c1-5-12-24(13-6-2)19-9-7-8-18-23-21(22)20(25(18)19)17-11-10-15(3)14-16(17)4;8-6-2-1-3-7-9-4-5-10(6)7;6-4-2-1-3-5(7)8-4/h7-11,14H,5-6,12-13,22H2,1-4H3;1-5H,8H2;1-3H,(H4,6,7,8). The third kappa shape index (κ3) is 7.34. The van der Waals surface area contributed by atoms with E-state index in [4.69, 9.17) is 22.9 Å². The van der Waals surface area contributed by atoms with E-state index in [1.165, 1.54) is 16.9 Å². The van der Waals surface area contributed by atoms with Crippen LogP contribution in [0.1, 0.15) is 37.8 Å². The molecular weight excluding hydrogens is 536 g/mol. The molecule has 10 nitrogen and oxygen atoms in total. The van der Waals surface area contributed by atoms with Crippen LogP contribution in [0.3, 0.4) is 0 Å². The Morgan fingerprint density at radius 1 is 0.744 bits per heavy atom. The van der Waals surface area contributed by atoms with Crippen LogP contribution in [0.15, 0.2) is 85.2 Å². The second-order valence-electron chi connectivity index (χ2n) is 10.3. The maximum absolute atomic E-state index is 6.36. The number of fused-ring (bicyclic) bond motifs is 2. The molecule has 43 heavy (non-hydrogen) atoms. The van der Waals surface area contributed by atoms with Crippen molar-refractivity contribution in [2.75, 3.05) is 40.9 Å². The largest absolute Gasteiger partial charge is 0.385 e. The number of imidazole rings is 2. The zero-order chi connectivity index (χ0) is 30.9. The van der Waals surface area contributed by atoms with E-state index in [9.17, 15) is 0 Å². The van der Waals surface area contributed by atoms with Gasteiger partial charge >= 0.3 is 0 Å². The average Bonchev–Trinajstić information content (AvgIpc) is 3.59. The number of benzene rings is 1. The number of pyridine rings is 3. The predicted molar refractivity (Wildman–Crippen MR) is 180 cm³/mol. The van der Waals surface area contributed by atoms with Gasteiger partial charge in [0, 0.05) is 31.0 Å². The minimum Gasteiger partial charge on any atom is -0.385 e. The fraction of sp³-hybridized carbons (Fsp3) is 0.242. The van der Waals surface area contributed by atoms with Gasteiger partial charge in [0.25, 0.3) is 0 Å². The number of nitrogens with two attached hydrogens (primary N) is 4. The Morgan fingerprint density at radius 2 is 1.40 bits per heavy atom. The summed E-state index contributed by atoms with van der Waals surface area (Å²) < 4.78 is 4.05. The summed E-state index contributed by atoms with van der Waals surface area (Å²) in [6.07, 6.45) is 5.79. The fourth-order valence-corrected chi connectivity index (χ4v) is 5.00. The third-order valence-corrected chi connectivity index (χ3v) is 6.85. The van der Waals surface area contributed by atoms with Gasteiger partial charge in [-0.15, -0.1) is 0 Å². The number of anilines is 5. The number of nitrogens with zero attached hydrogens (tertiary/aromatic N) is 6. The second kappa shape index (κ2) is 14.1. The van der Waals surface area contributed by atoms with E-state index < -0.39 is 0 Å². The van der Waals surface area contributed by atoms with Crippen LogP contribution in [0.2, 0.25) is 0 Å². The highest BCUT2D eigenvalue weighted by Crippen LogP contribution is 2.33. The van der Waals surface area contributed by atoms with Crippen LogP contribution in [-0.4, -0.2) is 36.8 Å². The van der Waals surface area contributed by atoms with E-state index in [1.54, 1.807) is 24.4 Å². The third-order valence-electron chi connectivity index (χ3n) is 6.85. The molecule has 0 aliphatic carbocycles. The van der Waals surface area contributed by atoms with E-state index >= 15 is 0 Å². The summed E-state index contributed by atoms with van der Waals surface area (Å²) in [7, 11) is 0. The Kier molecular flexibility index (Phi) is 10.1. The minimum atomic E-state index is 0.463. The summed E-state index contributed by atoms with van der Waals surface area (Å²) in [4.78, 5) is 14.9. The van der Waals surface area contributed by atoms with Crippen molar-refractivity contribution in [3.63, 3.8) is 0 Å². The number of nitrogen functional groups attached to an aromatic ring is 4. The summed E-state index contributed by atoms with van der Waals surface area (Å²) >= 11 is 0. The molecule has 1 aromatic carbocycles. The van der Waals surface area contributed by atoms with Gasteiger partial charge in [-0.25, -0.2) is 15.0 Å². The van der Waals surface area contributed by atoms with Crippen LogP contribution >= 0.6 is 0 Å². The van der Waals surface area contributed by atoms with Gasteiger partial charge in [-0.2, -0.15) is 0 Å². The van der Waals surface area contributed by atoms with E-state index in [-0.39, 0.29) is 0 Å². The van der Waals surface area contributed by atoms with Crippen molar-refractivity contribution in [2.45, 2.75) is 40.5 Å². The molecule has 0 amide bonds. The summed E-state index contributed by atoms with van der Waals surface area (Å²) in [5.74, 6) is 3.40. The molecule has 0 saturated carbocycles. The number of hydrogen-bond donors (Lipinski definition) is 4. The lowest BCUT2D eigenvalue weighted by Crippen LogP contribution is -2.27. The van der Waals surface area contributed by atoms with Gasteiger partial charge in [0.1, 0.15) is 34.6 Å². The topological polar surface area (TPSA) is 155 Å². The Bertz CT molecular complexity index is 1760. The maximum Gasteiger partial charge on any atom is 0.150 e. The maximum atomic E-state index is 6.36. The fourth-order valence-electron chi connectivity index (χ4n) is 5.00. The predicted octanol–water partition coefficient (Wildman–Crippen LogP) is 5.99. The van der Waals surface area contributed by atoms with Gasteiger partial charge in [0.15, 0.2) is 5.82 Å². The van der Waals surface area contributed by atoms with Crippen molar-refractivity contribution in [3.05, 3.63) is 96.3 Å². The zero-order valence-corrected chi connectivity index (χ0v) is 25.4. The number of aromatic nitrogens is 5. The highest BCUT2D eigenvalue weighted by molar-refractivity contribution is 5.79. The van der Waals surface area contributed by atoms with Crippen LogP contribution in [0, 0.1) is 13.8 Å². The first kappa shape index (κ1) is 30.7. The lowest BCUT2D eigenvalue weighted by molar-refractivity contribution is 0.730. The highest BCUT2D eigenvalue weighted by atomic mass is 15.2. The zero-order valence-electron chi connectivity index (χ0n) is 25.4. The number of hydrogen-bond acceptors (Lipinski definition) is 8. The number of rotatable bonds is 6. The second-order valence-corrected chi connectivity index (χ2v) is 10.3. The van der Waals surface area contributed by atoms with Crippen molar-refractivity contribution in [3.8, 4) is 11.3 Å². The van der Waals surface area contributed by atoms with E-state index in [0.717, 1.165) is 54.3 Å². The molecule has 0 fully saturated rings. The Hall–Kier alpha value is -5.25. The molecule has 5 aromatic heterocycles. The lowest BCUT2D eigenvalue weighted by Gasteiger charge is -2.25. The molecule has 0 radical (unpaired) electrons. The molecule has 10 heteroatoms. The van der Waals surface area contributed by atoms with Gasteiger partial charge in [-0.3, -0.25) is 8.80 Å². The first-order valence-corrected chi connectivity index (χ1v) is 14.5. The van der Waals surface area contributed by atoms with Gasteiger partial charge in [-0.1, -0.05) is 55.8 Å². The van der Waals surface area contributed by atoms with E-state index in [0.29, 0.717) is 17.5 Å². The van der Waals surface area contributed by atoms with Gasteiger partial charge in [-0.05, 0) is 68.7 Å². The molecule has 224 valence electrons. The van der Waals surface area contributed by atoms with Gasteiger partial charge < -0.3 is 27.8 Å². The molecular formula is C33H42N10. The number of aryl methyl sites for hydroxylation is 2. The van der Waals surface area contributed by atoms with Crippen LogP contribution in [0.25, 0.3) is 22.6 Å². The summed E-state index contributed by atoms with van der Waals surface area (Å²) in [6, 6.07) is 23.6. The van der Waals surface area contributed by atoms with Crippen molar-refractivity contribution in [1.82, 2.24) is 23.8 Å². The lowest BCUT2D eigenvalue weighted by atomic mass is 10.0. The quantitative estimate of drug-likeness (QED) is 0.188. The van der Waals surface area contributed by atoms with Gasteiger partial charge in [0.2, 0.25) is 0 Å². The first-order valence-electron chi connectivity index (χ1n) is 14.5. The molecule has 0 bridgehead atoms. The van der Waals surface area contributed by atoms with Crippen molar-refractivity contribution < 1.29 is 0 Å². The molecule has 6 rings (SSSR count). The SMILES string of the molecule is CCCN(CCC)c1cccc2nc(N)c(-c3ccc(C)cc3C)n12.Nc1cccc(N)n1.Nc1cccc2nccn12. The average molecular weight is 579 g/mol. The normalized spacial score (nSPS) is 10.6.